The van der Waals surface area contributed by atoms with Crippen LogP contribution in [0.25, 0.3) is 0 Å². The maximum Gasteiger partial charge on any atom is 0.237 e. The summed E-state index contributed by atoms with van der Waals surface area (Å²) in [5.74, 6) is 0.0892. The standard InChI is InChI=1S/C9H16ClNO2/c1-6(10)9(13)11-8-4-2-3-7(8)5-12/h6-8,12H,2-5H2,1H3,(H,11,13)/t6?,7-,8-/m1/s1. The zero-order valence-electron chi connectivity index (χ0n) is 7.79. The topological polar surface area (TPSA) is 49.3 Å². The summed E-state index contributed by atoms with van der Waals surface area (Å²) in [5.41, 5.74) is 0. The van der Waals surface area contributed by atoms with Gasteiger partial charge >= 0.3 is 0 Å². The third kappa shape index (κ3) is 2.85. The van der Waals surface area contributed by atoms with Crippen molar-refractivity contribution in [3.8, 4) is 0 Å². The average molecular weight is 206 g/mol. The van der Waals surface area contributed by atoms with E-state index in [1.54, 1.807) is 6.92 Å². The Bertz CT molecular complexity index is 184. The van der Waals surface area contributed by atoms with E-state index >= 15 is 0 Å². The van der Waals surface area contributed by atoms with Gasteiger partial charge in [0.2, 0.25) is 5.91 Å². The summed E-state index contributed by atoms with van der Waals surface area (Å²) in [6, 6.07) is 0.124. The molecular weight excluding hydrogens is 190 g/mol. The van der Waals surface area contributed by atoms with Gasteiger partial charge in [0.1, 0.15) is 5.38 Å². The molecule has 0 aromatic heterocycles. The van der Waals surface area contributed by atoms with Crippen molar-refractivity contribution in [3.05, 3.63) is 0 Å². The molecule has 1 amide bonds. The number of carbonyl (C=O) groups is 1. The molecule has 0 saturated heterocycles. The third-order valence-corrected chi connectivity index (χ3v) is 2.78. The molecule has 0 aliphatic heterocycles. The van der Waals surface area contributed by atoms with Crippen LogP contribution in [0.15, 0.2) is 0 Å². The number of rotatable bonds is 3. The average Bonchev–Trinajstić information content (AvgIpc) is 2.51. The Labute approximate surface area is 83.5 Å². The number of amides is 1. The van der Waals surface area contributed by atoms with Crippen LogP contribution in [0.1, 0.15) is 26.2 Å². The van der Waals surface area contributed by atoms with Gasteiger partial charge in [0, 0.05) is 18.6 Å². The number of alkyl halides is 1. The van der Waals surface area contributed by atoms with E-state index in [2.05, 4.69) is 5.32 Å². The van der Waals surface area contributed by atoms with Gasteiger partial charge in [-0.15, -0.1) is 11.6 Å². The van der Waals surface area contributed by atoms with Crippen molar-refractivity contribution < 1.29 is 9.90 Å². The lowest BCUT2D eigenvalue weighted by atomic mass is 10.1. The SMILES string of the molecule is CC(Cl)C(=O)N[C@@H]1CCC[C@@H]1CO. The second-order valence-electron chi connectivity index (χ2n) is 3.60. The molecule has 1 unspecified atom stereocenters. The number of aliphatic hydroxyl groups is 1. The molecule has 0 aromatic carbocycles. The number of aliphatic hydroxyl groups excluding tert-OH is 1. The normalized spacial score (nSPS) is 30.1. The second kappa shape index (κ2) is 4.82. The number of halogens is 1. The first-order chi connectivity index (χ1) is 6.15. The van der Waals surface area contributed by atoms with Gasteiger partial charge in [-0.1, -0.05) is 6.42 Å². The van der Waals surface area contributed by atoms with Gasteiger partial charge in [0.15, 0.2) is 0 Å². The van der Waals surface area contributed by atoms with E-state index < -0.39 is 5.38 Å². The number of hydrogen-bond acceptors (Lipinski definition) is 2. The molecule has 1 aliphatic rings. The minimum Gasteiger partial charge on any atom is -0.396 e. The first-order valence-electron chi connectivity index (χ1n) is 4.70. The Kier molecular flexibility index (Phi) is 4.00. The molecule has 2 N–H and O–H groups in total. The highest BCUT2D eigenvalue weighted by atomic mass is 35.5. The van der Waals surface area contributed by atoms with Crippen molar-refractivity contribution in [2.24, 2.45) is 5.92 Å². The number of carbonyl (C=O) groups excluding carboxylic acids is 1. The molecule has 0 radical (unpaired) electrons. The Morgan fingerprint density at radius 1 is 1.69 bits per heavy atom. The van der Waals surface area contributed by atoms with Crippen molar-refractivity contribution in [1.29, 1.82) is 0 Å². The molecule has 1 fully saturated rings. The Balaban J connectivity index is 2.39. The Morgan fingerprint density at radius 2 is 2.38 bits per heavy atom. The van der Waals surface area contributed by atoms with Gasteiger partial charge in [-0.3, -0.25) is 4.79 Å². The maximum atomic E-state index is 11.2. The van der Waals surface area contributed by atoms with Gasteiger partial charge in [-0.25, -0.2) is 0 Å². The van der Waals surface area contributed by atoms with Gasteiger partial charge in [0.05, 0.1) is 0 Å². The summed E-state index contributed by atoms with van der Waals surface area (Å²) in [6.07, 6.45) is 3.03. The van der Waals surface area contributed by atoms with Gasteiger partial charge < -0.3 is 10.4 Å². The van der Waals surface area contributed by atoms with E-state index in [1.807, 2.05) is 0 Å². The van der Waals surface area contributed by atoms with Crippen molar-refractivity contribution in [3.63, 3.8) is 0 Å². The molecule has 3 atom stereocenters. The molecule has 0 aromatic rings. The third-order valence-electron chi connectivity index (χ3n) is 2.58. The van der Waals surface area contributed by atoms with Crippen molar-refractivity contribution >= 4 is 17.5 Å². The minimum atomic E-state index is -0.486. The zero-order chi connectivity index (χ0) is 9.84. The highest BCUT2D eigenvalue weighted by Crippen LogP contribution is 2.25. The fourth-order valence-electron chi connectivity index (χ4n) is 1.74. The first kappa shape index (κ1) is 10.8. The number of nitrogens with one attached hydrogen (secondary N) is 1. The van der Waals surface area contributed by atoms with Crippen LogP contribution in [0, 0.1) is 5.92 Å². The van der Waals surface area contributed by atoms with Crippen LogP contribution in [0.2, 0.25) is 0 Å². The van der Waals surface area contributed by atoms with Gasteiger partial charge in [-0.05, 0) is 19.8 Å². The quantitative estimate of drug-likeness (QED) is 0.673. The molecule has 4 heteroatoms. The molecular formula is C9H16ClNO2. The highest BCUT2D eigenvalue weighted by Gasteiger charge is 2.28. The summed E-state index contributed by atoms with van der Waals surface area (Å²) >= 11 is 5.62. The first-order valence-corrected chi connectivity index (χ1v) is 5.14. The van der Waals surface area contributed by atoms with Crippen molar-refractivity contribution in [2.45, 2.75) is 37.6 Å². The van der Waals surface area contributed by atoms with E-state index in [1.165, 1.54) is 0 Å². The molecule has 1 saturated carbocycles. The summed E-state index contributed by atoms with van der Waals surface area (Å²) in [5, 5.41) is 11.4. The van der Waals surface area contributed by atoms with Gasteiger partial charge in [-0.2, -0.15) is 0 Å². The van der Waals surface area contributed by atoms with Crippen LogP contribution in [0.3, 0.4) is 0 Å². The van der Waals surface area contributed by atoms with Crippen LogP contribution >= 0.6 is 11.6 Å². The van der Waals surface area contributed by atoms with E-state index in [9.17, 15) is 4.79 Å². The highest BCUT2D eigenvalue weighted by molar-refractivity contribution is 6.30. The monoisotopic (exact) mass is 205 g/mol. The van der Waals surface area contributed by atoms with Crippen LogP contribution in [-0.2, 0) is 4.79 Å². The Morgan fingerprint density at radius 3 is 2.92 bits per heavy atom. The van der Waals surface area contributed by atoms with E-state index in [0.717, 1.165) is 19.3 Å². The molecule has 3 nitrogen and oxygen atoms in total. The Hall–Kier alpha value is -0.280. The van der Waals surface area contributed by atoms with Crippen LogP contribution < -0.4 is 5.32 Å². The lowest BCUT2D eigenvalue weighted by Crippen LogP contribution is -2.41. The van der Waals surface area contributed by atoms with E-state index in [0.29, 0.717) is 0 Å². The minimum absolute atomic E-state index is 0.124. The second-order valence-corrected chi connectivity index (χ2v) is 4.26. The number of hydrogen-bond donors (Lipinski definition) is 2. The van der Waals surface area contributed by atoms with Crippen LogP contribution in [-0.4, -0.2) is 29.0 Å². The van der Waals surface area contributed by atoms with Gasteiger partial charge in [0.25, 0.3) is 0 Å². The lowest BCUT2D eigenvalue weighted by Gasteiger charge is -2.19. The molecule has 13 heavy (non-hydrogen) atoms. The largest absolute Gasteiger partial charge is 0.396 e. The fourth-order valence-corrected chi connectivity index (χ4v) is 1.81. The zero-order valence-corrected chi connectivity index (χ0v) is 8.55. The summed E-state index contributed by atoms with van der Waals surface area (Å²) in [6.45, 7) is 1.81. The summed E-state index contributed by atoms with van der Waals surface area (Å²) in [4.78, 5) is 11.2. The summed E-state index contributed by atoms with van der Waals surface area (Å²) < 4.78 is 0. The summed E-state index contributed by atoms with van der Waals surface area (Å²) in [7, 11) is 0. The van der Waals surface area contributed by atoms with E-state index in [-0.39, 0.29) is 24.5 Å². The smallest absolute Gasteiger partial charge is 0.237 e. The molecule has 1 rings (SSSR count). The van der Waals surface area contributed by atoms with Crippen LogP contribution in [0.5, 0.6) is 0 Å². The fraction of sp³-hybridized carbons (Fsp3) is 0.889. The van der Waals surface area contributed by atoms with Crippen molar-refractivity contribution in [1.82, 2.24) is 5.32 Å². The molecule has 0 heterocycles. The molecule has 0 bridgehead atoms. The predicted molar refractivity (Wildman–Crippen MR) is 51.7 cm³/mol. The van der Waals surface area contributed by atoms with Crippen molar-refractivity contribution in [2.75, 3.05) is 6.61 Å². The molecule has 0 spiro atoms. The predicted octanol–water partition coefficient (Wildman–Crippen LogP) is 0.891. The molecule has 1 aliphatic carbocycles. The van der Waals surface area contributed by atoms with E-state index in [4.69, 9.17) is 16.7 Å². The van der Waals surface area contributed by atoms with Crippen LogP contribution in [0.4, 0.5) is 0 Å². The molecule has 76 valence electrons. The maximum absolute atomic E-state index is 11.2. The lowest BCUT2D eigenvalue weighted by molar-refractivity contribution is -0.121.